The molecule has 2 aliphatic rings. The van der Waals surface area contributed by atoms with Crippen LogP contribution in [0.4, 0.5) is 0 Å². The molecule has 2 aromatic carbocycles. The summed E-state index contributed by atoms with van der Waals surface area (Å²) in [5, 5.41) is 25.5. The number of aryl methyl sites for hydroxylation is 1. The molecule has 0 unspecified atom stereocenters. The third-order valence-electron chi connectivity index (χ3n) is 6.28. The summed E-state index contributed by atoms with van der Waals surface area (Å²) < 4.78 is 5.19. The van der Waals surface area contributed by atoms with Crippen molar-refractivity contribution in [2.75, 3.05) is 13.1 Å². The van der Waals surface area contributed by atoms with Crippen LogP contribution in [0.15, 0.2) is 30.3 Å². The van der Waals surface area contributed by atoms with Crippen molar-refractivity contribution in [1.82, 2.24) is 30.4 Å². The third-order valence-corrected chi connectivity index (χ3v) is 6.28. The normalized spacial score (nSPS) is 20.4. The third kappa shape index (κ3) is 3.98. The van der Waals surface area contributed by atoms with Crippen LogP contribution in [0.2, 0.25) is 0 Å². The number of carbonyl (C=O) groups excluding carboxylic acids is 1. The summed E-state index contributed by atoms with van der Waals surface area (Å²) in [6, 6.07) is 11.4. The number of benzene rings is 2. The molecule has 2 atom stereocenters. The van der Waals surface area contributed by atoms with Gasteiger partial charge in [-0.25, -0.2) is 4.79 Å². The Bertz CT molecular complexity index is 1280. The molecular formula is C23H24N8O2. The van der Waals surface area contributed by atoms with Gasteiger partial charge in [0, 0.05) is 24.7 Å². The van der Waals surface area contributed by atoms with E-state index in [0.29, 0.717) is 43.2 Å². The summed E-state index contributed by atoms with van der Waals surface area (Å²) in [4.78, 5) is 15.5. The number of nitrogens with two attached hydrogens (primary N) is 1. The van der Waals surface area contributed by atoms with Gasteiger partial charge in [-0.05, 0) is 60.0 Å². The standard InChI is InChI=1S/C23H24N8O2/c1-13-7-16(4-3-15(13)8-24)31-28-22(27-29-31)11-30-9-20(26-21(25)10-30)17-5-6-18-19(14(17)2)12-33-23(18)32/h3-7,20-21,26H,9-12,25H2,1-2H3/t20-,21+/m0/s1. The minimum absolute atomic E-state index is 0.00553. The predicted molar refractivity (Wildman–Crippen MR) is 118 cm³/mol. The molecule has 2 aliphatic heterocycles. The highest BCUT2D eigenvalue weighted by Crippen LogP contribution is 2.30. The number of ether oxygens (including phenoxy) is 1. The van der Waals surface area contributed by atoms with Crippen molar-refractivity contribution in [1.29, 1.82) is 5.26 Å². The first-order valence-electron chi connectivity index (χ1n) is 10.8. The highest BCUT2D eigenvalue weighted by Gasteiger charge is 2.30. The van der Waals surface area contributed by atoms with Crippen molar-refractivity contribution < 1.29 is 9.53 Å². The van der Waals surface area contributed by atoms with Crippen molar-refractivity contribution in [3.63, 3.8) is 0 Å². The molecule has 0 saturated carbocycles. The van der Waals surface area contributed by atoms with Crippen molar-refractivity contribution in [2.45, 2.75) is 39.2 Å². The number of tetrazole rings is 1. The molecule has 0 aliphatic carbocycles. The van der Waals surface area contributed by atoms with Crippen LogP contribution in [-0.2, 0) is 17.9 Å². The smallest absolute Gasteiger partial charge is 0.338 e. The molecule has 1 saturated heterocycles. The maximum Gasteiger partial charge on any atom is 0.338 e. The van der Waals surface area contributed by atoms with E-state index in [1.165, 1.54) is 4.80 Å². The molecule has 10 nitrogen and oxygen atoms in total. The molecule has 33 heavy (non-hydrogen) atoms. The topological polar surface area (TPSA) is 135 Å². The Kier molecular flexibility index (Phi) is 5.38. The van der Waals surface area contributed by atoms with Crippen molar-refractivity contribution in [3.8, 4) is 11.8 Å². The second-order valence-electron chi connectivity index (χ2n) is 8.51. The molecule has 1 aromatic heterocycles. The van der Waals surface area contributed by atoms with Gasteiger partial charge in [-0.3, -0.25) is 10.2 Å². The number of aromatic nitrogens is 4. The lowest BCUT2D eigenvalue weighted by molar-refractivity contribution is 0.0535. The first-order valence-corrected chi connectivity index (χ1v) is 10.8. The Morgan fingerprint density at radius 1 is 1.27 bits per heavy atom. The number of piperazine rings is 1. The van der Waals surface area contributed by atoms with Gasteiger partial charge in [0.15, 0.2) is 5.82 Å². The first-order chi connectivity index (χ1) is 15.9. The lowest BCUT2D eigenvalue weighted by Crippen LogP contribution is -2.56. The summed E-state index contributed by atoms with van der Waals surface area (Å²) in [5.41, 5.74) is 12.3. The van der Waals surface area contributed by atoms with Crippen LogP contribution < -0.4 is 11.1 Å². The molecule has 1 fully saturated rings. The number of rotatable bonds is 4. The number of hydrogen-bond donors (Lipinski definition) is 2. The monoisotopic (exact) mass is 444 g/mol. The van der Waals surface area contributed by atoms with E-state index in [9.17, 15) is 4.79 Å². The van der Waals surface area contributed by atoms with E-state index < -0.39 is 0 Å². The number of carbonyl (C=O) groups is 1. The first kappa shape index (κ1) is 21.2. The number of nitrogens with zero attached hydrogens (tertiary/aromatic N) is 6. The van der Waals surface area contributed by atoms with E-state index in [2.05, 4.69) is 31.7 Å². The quantitative estimate of drug-likeness (QED) is 0.570. The Morgan fingerprint density at radius 2 is 2.12 bits per heavy atom. The average Bonchev–Trinajstić information content (AvgIpc) is 3.41. The van der Waals surface area contributed by atoms with Gasteiger partial charge in [0.25, 0.3) is 0 Å². The largest absolute Gasteiger partial charge is 0.457 e. The van der Waals surface area contributed by atoms with E-state index >= 15 is 0 Å². The lowest BCUT2D eigenvalue weighted by atomic mass is 9.93. The van der Waals surface area contributed by atoms with Crippen molar-refractivity contribution in [2.24, 2.45) is 5.73 Å². The second-order valence-corrected chi connectivity index (χ2v) is 8.51. The fourth-order valence-corrected chi connectivity index (χ4v) is 4.55. The van der Waals surface area contributed by atoms with Gasteiger partial charge in [0.05, 0.1) is 35.6 Å². The number of fused-ring (bicyclic) bond motifs is 1. The zero-order valence-corrected chi connectivity index (χ0v) is 18.4. The van der Waals surface area contributed by atoms with Gasteiger partial charge in [-0.1, -0.05) is 6.07 Å². The summed E-state index contributed by atoms with van der Waals surface area (Å²) in [6.45, 7) is 6.09. The molecule has 3 heterocycles. The van der Waals surface area contributed by atoms with Crippen LogP contribution in [0.5, 0.6) is 0 Å². The highest BCUT2D eigenvalue weighted by atomic mass is 16.5. The van der Waals surface area contributed by atoms with Crippen molar-refractivity contribution in [3.05, 3.63) is 69.5 Å². The van der Waals surface area contributed by atoms with Crippen molar-refractivity contribution >= 4 is 5.97 Å². The van der Waals surface area contributed by atoms with Gasteiger partial charge in [0.2, 0.25) is 0 Å². The number of hydrogen-bond acceptors (Lipinski definition) is 9. The second kappa shape index (κ2) is 8.37. The Balaban J connectivity index is 1.33. The number of nitriles is 1. The molecule has 10 heteroatoms. The molecule has 0 amide bonds. The zero-order valence-electron chi connectivity index (χ0n) is 18.4. The molecule has 3 N–H and O–H groups in total. The van der Waals surface area contributed by atoms with Crippen LogP contribution in [0.25, 0.3) is 5.69 Å². The molecule has 0 bridgehead atoms. The fourth-order valence-electron chi connectivity index (χ4n) is 4.55. The van der Waals surface area contributed by atoms with Gasteiger partial charge in [-0.15, -0.1) is 15.0 Å². The zero-order chi connectivity index (χ0) is 23.1. The number of cyclic esters (lactones) is 1. The fraction of sp³-hybridized carbons (Fsp3) is 0.348. The SMILES string of the molecule is Cc1cc(-n2nnc(CN3C[C@@H](c4ccc5c(c4C)COC5=O)N[C@@H](N)C3)n2)ccc1C#N. The van der Waals surface area contributed by atoms with Crippen LogP contribution in [0, 0.1) is 25.2 Å². The van der Waals surface area contributed by atoms with E-state index in [1.54, 1.807) is 12.1 Å². The minimum Gasteiger partial charge on any atom is -0.457 e. The van der Waals surface area contributed by atoms with Gasteiger partial charge in [0.1, 0.15) is 6.61 Å². The summed E-state index contributed by atoms with van der Waals surface area (Å²) in [7, 11) is 0. The van der Waals surface area contributed by atoms with Crippen LogP contribution in [-0.4, -0.2) is 50.3 Å². The molecule has 0 spiro atoms. The van der Waals surface area contributed by atoms with E-state index in [1.807, 2.05) is 32.0 Å². The van der Waals surface area contributed by atoms with Crippen LogP contribution in [0.1, 0.15) is 50.0 Å². The minimum atomic E-state index is -0.263. The number of esters is 1. The molecule has 5 rings (SSSR count). The van der Waals surface area contributed by atoms with Crippen LogP contribution in [0.3, 0.4) is 0 Å². The summed E-state index contributed by atoms with van der Waals surface area (Å²) in [6.07, 6.45) is -0.217. The number of nitrogens with one attached hydrogen (secondary N) is 1. The van der Waals surface area contributed by atoms with Gasteiger partial charge in [-0.2, -0.15) is 5.26 Å². The summed E-state index contributed by atoms with van der Waals surface area (Å²) in [5.74, 6) is 0.329. The molecule has 0 radical (unpaired) electrons. The highest BCUT2D eigenvalue weighted by molar-refractivity contribution is 5.94. The van der Waals surface area contributed by atoms with E-state index in [4.69, 9.17) is 15.7 Å². The Morgan fingerprint density at radius 3 is 2.91 bits per heavy atom. The van der Waals surface area contributed by atoms with E-state index in [-0.39, 0.29) is 18.2 Å². The Hall–Kier alpha value is -3.65. The summed E-state index contributed by atoms with van der Waals surface area (Å²) >= 11 is 0. The van der Waals surface area contributed by atoms with E-state index in [0.717, 1.165) is 27.9 Å². The maximum atomic E-state index is 11.9. The molecule has 3 aromatic rings. The molecular weight excluding hydrogens is 420 g/mol. The van der Waals surface area contributed by atoms with Gasteiger partial charge >= 0.3 is 5.97 Å². The maximum absolute atomic E-state index is 11.9. The van der Waals surface area contributed by atoms with Crippen LogP contribution >= 0.6 is 0 Å². The van der Waals surface area contributed by atoms with Gasteiger partial charge < -0.3 is 10.5 Å². The lowest BCUT2D eigenvalue weighted by Gasteiger charge is -2.37. The average molecular weight is 444 g/mol. The Labute approximate surface area is 190 Å². The predicted octanol–water partition coefficient (Wildman–Crippen LogP) is 1.25. The molecule has 168 valence electrons.